The van der Waals surface area contributed by atoms with Gasteiger partial charge in [-0.15, -0.1) is 11.3 Å². The SMILES string of the molecule is CCN(CCc1cccs1)C1CCCC1CN. The Kier molecular flexibility index (Phi) is 5.01. The van der Waals surface area contributed by atoms with Crippen LogP contribution in [0.3, 0.4) is 0 Å². The highest BCUT2D eigenvalue weighted by Gasteiger charge is 2.29. The Labute approximate surface area is 109 Å². The van der Waals surface area contributed by atoms with Crippen molar-refractivity contribution in [1.82, 2.24) is 4.90 Å². The molecule has 0 bridgehead atoms. The molecular weight excluding hydrogens is 228 g/mol. The van der Waals surface area contributed by atoms with Crippen molar-refractivity contribution in [1.29, 1.82) is 0 Å². The number of likely N-dealkylation sites (N-methyl/N-ethyl adjacent to an activating group) is 1. The molecule has 3 heteroatoms. The van der Waals surface area contributed by atoms with Crippen LogP contribution in [0, 0.1) is 5.92 Å². The topological polar surface area (TPSA) is 29.3 Å². The molecule has 1 aliphatic carbocycles. The molecule has 2 atom stereocenters. The Morgan fingerprint density at radius 3 is 3.00 bits per heavy atom. The van der Waals surface area contributed by atoms with E-state index < -0.39 is 0 Å². The van der Waals surface area contributed by atoms with E-state index in [1.165, 1.54) is 37.1 Å². The molecule has 1 aliphatic rings. The van der Waals surface area contributed by atoms with Crippen LogP contribution in [0.25, 0.3) is 0 Å². The highest BCUT2D eigenvalue weighted by atomic mass is 32.1. The summed E-state index contributed by atoms with van der Waals surface area (Å²) in [5.41, 5.74) is 5.88. The van der Waals surface area contributed by atoms with Crippen LogP contribution in [0.1, 0.15) is 31.1 Å². The Morgan fingerprint density at radius 2 is 2.35 bits per heavy atom. The molecule has 0 amide bonds. The first kappa shape index (κ1) is 13.1. The van der Waals surface area contributed by atoms with E-state index in [0.29, 0.717) is 0 Å². The van der Waals surface area contributed by atoms with Gasteiger partial charge >= 0.3 is 0 Å². The van der Waals surface area contributed by atoms with E-state index >= 15 is 0 Å². The molecule has 0 spiro atoms. The monoisotopic (exact) mass is 252 g/mol. The fourth-order valence-corrected chi connectivity index (χ4v) is 3.74. The molecule has 0 saturated heterocycles. The predicted octanol–water partition coefficient (Wildman–Crippen LogP) is 2.74. The van der Waals surface area contributed by atoms with Gasteiger partial charge in [0.2, 0.25) is 0 Å². The molecular formula is C14H24N2S. The summed E-state index contributed by atoms with van der Waals surface area (Å²) in [7, 11) is 0. The summed E-state index contributed by atoms with van der Waals surface area (Å²) in [6, 6.07) is 5.13. The number of rotatable bonds is 6. The third-order valence-electron chi connectivity index (χ3n) is 4.02. The summed E-state index contributed by atoms with van der Waals surface area (Å²) in [6.07, 6.45) is 5.23. The maximum absolute atomic E-state index is 5.88. The minimum Gasteiger partial charge on any atom is -0.330 e. The summed E-state index contributed by atoms with van der Waals surface area (Å²) in [5.74, 6) is 0.735. The van der Waals surface area contributed by atoms with Gasteiger partial charge in [0.25, 0.3) is 0 Å². The lowest BCUT2D eigenvalue weighted by Gasteiger charge is -2.31. The van der Waals surface area contributed by atoms with E-state index in [9.17, 15) is 0 Å². The molecule has 1 aromatic heterocycles. The summed E-state index contributed by atoms with van der Waals surface area (Å²) in [5, 5.41) is 2.17. The maximum atomic E-state index is 5.88. The lowest BCUT2D eigenvalue weighted by atomic mass is 10.0. The van der Waals surface area contributed by atoms with Crippen molar-refractivity contribution in [3.05, 3.63) is 22.4 Å². The molecule has 17 heavy (non-hydrogen) atoms. The summed E-state index contributed by atoms with van der Waals surface area (Å²) >= 11 is 1.87. The zero-order valence-corrected chi connectivity index (χ0v) is 11.6. The van der Waals surface area contributed by atoms with E-state index in [-0.39, 0.29) is 0 Å². The van der Waals surface area contributed by atoms with Crippen LogP contribution in [0.2, 0.25) is 0 Å². The van der Waals surface area contributed by atoms with Crippen LogP contribution in [-0.4, -0.2) is 30.6 Å². The van der Waals surface area contributed by atoms with Crippen molar-refractivity contribution >= 4 is 11.3 Å². The summed E-state index contributed by atoms with van der Waals surface area (Å²) in [6.45, 7) is 5.49. The van der Waals surface area contributed by atoms with E-state index in [0.717, 1.165) is 25.0 Å². The summed E-state index contributed by atoms with van der Waals surface area (Å²) < 4.78 is 0. The Balaban J connectivity index is 1.87. The average molecular weight is 252 g/mol. The van der Waals surface area contributed by atoms with Crippen molar-refractivity contribution < 1.29 is 0 Å². The van der Waals surface area contributed by atoms with Crippen molar-refractivity contribution in [3.63, 3.8) is 0 Å². The average Bonchev–Trinajstić information content (AvgIpc) is 3.00. The Morgan fingerprint density at radius 1 is 1.47 bits per heavy atom. The number of thiophene rings is 1. The van der Waals surface area contributed by atoms with Gasteiger partial charge in [-0.05, 0) is 49.7 Å². The Bertz CT molecular complexity index is 310. The smallest absolute Gasteiger partial charge is 0.0136 e. The first-order chi connectivity index (χ1) is 8.35. The standard InChI is InChI=1S/C14H24N2S/c1-2-16(9-8-13-6-4-10-17-13)14-7-3-5-12(14)11-15/h4,6,10,12,14H,2-3,5,7-9,11,15H2,1H3. The van der Waals surface area contributed by atoms with Crippen LogP contribution in [0.4, 0.5) is 0 Å². The number of nitrogens with two attached hydrogens (primary N) is 1. The van der Waals surface area contributed by atoms with E-state index in [1.807, 2.05) is 11.3 Å². The molecule has 1 saturated carbocycles. The molecule has 2 nitrogen and oxygen atoms in total. The van der Waals surface area contributed by atoms with Gasteiger partial charge < -0.3 is 5.73 Å². The van der Waals surface area contributed by atoms with E-state index in [2.05, 4.69) is 29.3 Å². The normalized spacial score (nSPS) is 24.6. The highest BCUT2D eigenvalue weighted by molar-refractivity contribution is 7.09. The number of hydrogen-bond donors (Lipinski definition) is 1. The highest BCUT2D eigenvalue weighted by Crippen LogP contribution is 2.29. The third kappa shape index (κ3) is 3.30. The summed E-state index contributed by atoms with van der Waals surface area (Å²) in [4.78, 5) is 4.15. The van der Waals surface area contributed by atoms with Crippen molar-refractivity contribution in [3.8, 4) is 0 Å². The van der Waals surface area contributed by atoms with E-state index in [1.54, 1.807) is 0 Å². The zero-order chi connectivity index (χ0) is 12.1. The van der Waals surface area contributed by atoms with Gasteiger partial charge in [0.05, 0.1) is 0 Å². The molecule has 1 fully saturated rings. The fourth-order valence-electron chi connectivity index (χ4n) is 3.04. The lowest BCUT2D eigenvalue weighted by Crippen LogP contribution is -2.41. The van der Waals surface area contributed by atoms with Gasteiger partial charge in [0.15, 0.2) is 0 Å². The quantitative estimate of drug-likeness (QED) is 0.843. The van der Waals surface area contributed by atoms with E-state index in [4.69, 9.17) is 5.73 Å². The van der Waals surface area contributed by atoms with Gasteiger partial charge in [0.1, 0.15) is 0 Å². The molecule has 0 aromatic carbocycles. The largest absolute Gasteiger partial charge is 0.330 e. The first-order valence-electron chi connectivity index (χ1n) is 6.81. The second-order valence-corrected chi connectivity index (χ2v) is 5.98. The molecule has 0 aliphatic heterocycles. The van der Waals surface area contributed by atoms with Crippen LogP contribution in [-0.2, 0) is 6.42 Å². The van der Waals surface area contributed by atoms with Crippen LogP contribution < -0.4 is 5.73 Å². The van der Waals surface area contributed by atoms with Crippen LogP contribution >= 0.6 is 11.3 Å². The van der Waals surface area contributed by atoms with Crippen LogP contribution in [0.15, 0.2) is 17.5 Å². The lowest BCUT2D eigenvalue weighted by molar-refractivity contribution is 0.172. The number of nitrogens with zero attached hydrogens (tertiary/aromatic N) is 1. The molecule has 96 valence electrons. The molecule has 1 heterocycles. The molecule has 0 radical (unpaired) electrons. The molecule has 2 unspecified atom stereocenters. The Hall–Kier alpha value is -0.380. The fraction of sp³-hybridized carbons (Fsp3) is 0.714. The van der Waals surface area contributed by atoms with Gasteiger partial charge in [0, 0.05) is 17.5 Å². The van der Waals surface area contributed by atoms with Gasteiger partial charge in [-0.25, -0.2) is 0 Å². The van der Waals surface area contributed by atoms with Gasteiger partial charge in [-0.1, -0.05) is 19.4 Å². The predicted molar refractivity (Wildman–Crippen MR) is 75.5 cm³/mol. The molecule has 2 N–H and O–H groups in total. The first-order valence-corrected chi connectivity index (χ1v) is 7.69. The van der Waals surface area contributed by atoms with Gasteiger partial charge in [-0.2, -0.15) is 0 Å². The van der Waals surface area contributed by atoms with Crippen molar-refractivity contribution in [2.24, 2.45) is 11.7 Å². The molecule has 1 aromatic rings. The molecule has 2 rings (SSSR count). The van der Waals surface area contributed by atoms with Crippen molar-refractivity contribution in [2.45, 2.75) is 38.6 Å². The maximum Gasteiger partial charge on any atom is 0.0136 e. The minimum atomic E-state index is 0.735. The second kappa shape index (κ2) is 6.53. The zero-order valence-electron chi connectivity index (χ0n) is 10.8. The minimum absolute atomic E-state index is 0.735. The van der Waals surface area contributed by atoms with Crippen LogP contribution in [0.5, 0.6) is 0 Å². The number of hydrogen-bond acceptors (Lipinski definition) is 3. The van der Waals surface area contributed by atoms with Crippen molar-refractivity contribution in [2.75, 3.05) is 19.6 Å². The second-order valence-electron chi connectivity index (χ2n) is 4.95. The third-order valence-corrected chi connectivity index (χ3v) is 4.96. The van der Waals surface area contributed by atoms with Gasteiger partial charge in [-0.3, -0.25) is 4.90 Å².